The monoisotopic (exact) mass is 321 g/mol. The molecule has 0 radical (unpaired) electrons. The Bertz CT molecular complexity index is 591. The predicted molar refractivity (Wildman–Crippen MR) is 84.1 cm³/mol. The molecule has 0 aliphatic carbocycles. The molecule has 0 aliphatic rings. The molecule has 0 aliphatic heterocycles. The van der Waals surface area contributed by atoms with Crippen LogP contribution in [0.3, 0.4) is 0 Å². The van der Waals surface area contributed by atoms with Crippen LogP contribution in [0.25, 0.3) is 0 Å². The number of hydrogen-bond acceptors (Lipinski definition) is 5. The first-order valence-corrected chi connectivity index (χ1v) is 7.95. The number of thioether (sulfide) groups is 1. The molecule has 22 heavy (non-hydrogen) atoms. The van der Waals surface area contributed by atoms with Gasteiger partial charge < -0.3 is 20.5 Å². The zero-order valence-electron chi connectivity index (χ0n) is 12.0. The van der Waals surface area contributed by atoms with E-state index in [1.54, 1.807) is 42.5 Å². The van der Waals surface area contributed by atoms with Gasteiger partial charge in [0.15, 0.2) is 6.20 Å². The minimum atomic E-state index is -0.779. The first-order chi connectivity index (χ1) is 10.6. The quantitative estimate of drug-likeness (QED) is 0.407. The van der Waals surface area contributed by atoms with Crippen molar-refractivity contribution in [3.8, 4) is 0 Å². The van der Waals surface area contributed by atoms with Crippen LogP contribution in [0, 0.1) is 5.21 Å². The summed E-state index contributed by atoms with van der Waals surface area (Å²) < 4.78 is 0.751. The number of rotatable bonds is 7. The Morgan fingerprint density at radius 1 is 1.09 bits per heavy atom. The lowest BCUT2D eigenvalue weighted by Gasteiger charge is -2.15. The normalized spacial score (nSPS) is 13.8. The molecular formula is C16H19NO4S. The second-order valence-corrected chi connectivity index (χ2v) is 6.02. The van der Waals surface area contributed by atoms with E-state index in [1.165, 1.54) is 18.0 Å². The van der Waals surface area contributed by atoms with E-state index < -0.39 is 12.2 Å². The lowest BCUT2D eigenvalue weighted by atomic mass is 10.0. The van der Waals surface area contributed by atoms with Crippen molar-refractivity contribution in [2.24, 2.45) is 0 Å². The molecule has 0 bridgehead atoms. The summed E-state index contributed by atoms with van der Waals surface area (Å²) in [6.45, 7) is -0.0398. The summed E-state index contributed by atoms with van der Waals surface area (Å²) >= 11 is 1.25. The Kier molecular flexibility index (Phi) is 6.21. The fraction of sp³-hybridized carbons (Fsp3) is 0.312. The Morgan fingerprint density at radius 2 is 1.82 bits per heavy atom. The highest BCUT2D eigenvalue weighted by molar-refractivity contribution is 7.99. The lowest BCUT2D eigenvalue weighted by molar-refractivity contribution is -0.645. The summed E-state index contributed by atoms with van der Waals surface area (Å²) in [6, 6.07) is 12.0. The molecule has 0 amide bonds. The van der Waals surface area contributed by atoms with Crippen molar-refractivity contribution in [3.63, 3.8) is 0 Å². The summed E-state index contributed by atoms with van der Waals surface area (Å²) in [5.74, 6) is 0.331. The smallest absolute Gasteiger partial charge is 0.251 e. The molecule has 2 atom stereocenters. The van der Waals surface area contributed by atoms with Crippen LogP contribution in [0.15, 0.2) is 53.7 Å². The highest BCUT2D eigenvalue weighted by Crippen LogP contribution is 2.22. The van der Waals surface area contributed by atoms with E-state index in [4.69, 9.17) is 5.11 Å². The minimum Gasteiger partial charge on any atom is -0.618 e. The van der Waals surface area contributed by atoms with Crippen LogP contribution in [0.2, 0.25) is 0 Å². The van der Waals surface area contributed by atoms with Crippen LogP contribution in [-0.2, 0) is 6.61 Å². The van der Waals surface area contributed by atoms with Crippen molar-refractivity contribution in [1.82, 2.24) is 0 Å². The average molecular weight is 321 g/mol. The van der Waals surface area contributed by atoms with Crippen molar-refractivity contribution in [2.45, 2.75) is 30.3 Å². The van der Waals surface area contributed by atoms with Gasteiger partial charge in [-0.25, -0.2) is 0 Å². The second-order valence-electron chi connectivity index (χ2n) is 4.98. The molecule has 0 unspecified atom stereocenters. The third-order valence-electron chi connectivity index (χ3n) is 3.25. The maximum atomic E-state index is 11.5. The number of benzene rings is 1. The van der Waals surface area contributed by atoms with E-state index in [0.717, 1.165) is 10.3 Å². The van der Waals surface area contributed by atoms with Gasteiger partial charge in [0.05, 0.1) is 18.8 Å². The maximum absolute atomic E-state index is 11.5. The molecule has 2 rings (SSSR count). The zero-order valence-corrected chi connectivity index (χ0v) is 12.8. The Labute approximate surface area is 133 Å². The van der Waals surface area contributed by atoms with Gasteiger partial charge in [-0.15, -0.1) is 0 Å². The van der Waals surface area contributed by atoms with Gasteiger partial charge in [0.2, 0.25) is 0 Å². The van der Waals surface area contributed by atoms with Gasteiger partial charge in [0.25, 0.3) is 5.03 Å². The van der Waals surface area contributed by atoms with Gasteiger partial charge in [-0.2, -0.15) is 4.73 Å². The Balaban J connectivity index is 1.85. The minimum absolute atomic E-state index is 0.0398. The molecule has 5 nitrogen and oxygen atoms in total. The third-order valence-corrected chi connectivity index (χ3v) is 4.42. The number of hydrogen-bond donors (Lipinski definition) is 3. The summed E-state index contributed by atoms with van der Waals surface area (Å²) in [6.07, 6.45) is 0.0971. The van der Waals surface area contributed by atoms with Crippen molar-refractivity contribution >= 4 is 11.8 Å². The highest BCUT2D eigenvalue weighted by atomic mass is 32.2. The zero-order chi connectivity index (χ0) is 15.9. The summed E-state index contributed by atoms with van der Waals surface area (Å²) in [7, 11) is 0. The molecular weight excluding hydrogens is 302 g/mol. The van der Waals surface area contributed by atoms with E-state index in [0.29, 0.717) is 16.3 Å². The molecule has 0 spiro atoms. The summed E-state index contributed by atoms with van der Waals surface area (Å²) in [4.78, 5) is 0. The molecule has 118 valence electrons. The molecule has 6 heteroatoms. The molecule has 1 aromatic heterocycles. The van der Waals surface area contributed by atoms with Crippen LogP contribution in [0.4, 0.5) is 0 Å². The van der Waals surface area contributed by atoms with Gasteiger partial charge in [0, 0.05) is 24.3 Å². The van der Waals surface area contributed by atoms with E-state index in [2.05, 4.69) is 0 Å². The fourth-order valence-electron chi connectivity index (χ4n) is 2.01. The Hall–Kier alpha value is -1.60. The number of aliphatic hydroxyl groups excluding tert-OH is 3. The van der Waals surface area contributed by atoms with Crippen molar-refractivity contribution in [2.75, 3.05) is 5.75 Å². The topological polar surface area (TPSA) is 87.6 Å². The Morgan fingerprint density at radius 3 is 2.45 bits per heavy atom. The number of aromatic nitrogens is 1. The SMILES string of the molecule is [O-][n+]1ccccc1SC[C@H](O)C[C@H](O)c1ccc(CO)cc1. The summed E-state index contributed by atoms with van der Waals surface area (Å²) in [5.41, 5.74) is 1.47. The molecule has 0 fully saturated rings. The van der Waals surface area contributed by atoms with Gasteiger partial charge in [-0.05, 0) is 17.2 Å². The number of pyridine rings is 1. The molecule has 0 saturated heterocycles. The standard InChI is InChI=1S/C16H19NO4S/c18-10-12-4-6-13(7-5-12)15(20)9-14(19)11-22-16-3-1-2-8-17(16)21/h1-8,14-15,18-20H,9-11H2/t14-,15+/m1/s1. The average Bonchev–Trinajstić information content (AvgIpc) is 2.54. The third kappa shape index (κ3) is 4.71. The van der Waals surface area contributed by atoms with Crippen LogP contribution in [0.5, 0.6) is 0 Å². The number of aliphatic hydroxyl groups is 3. The molecule has 3 N–H and O–H groups in total. The summed E-state index contributed by atoms with van der Waals surface area (Å²) in [5, 5.41) is 41.1. The van der Waals surface area contributed by atoms with Gasteiger partial charge >= 0.3 is 0 Å². The van der Waals surface area contributed by atoms with Gasteiger partial charge in [0.1, 0.15) is 0 Å². The first-order valence-electron chi connectivity index (χ1n) is 6.97. The van der Waals surface area contributed by atoms with Gasteiger partial charge in [-0.3, -0.25) is 0 Å². The van der Waals surface area contributed by atoms with Crippen molar-refractivity contribution in [1.29, 1.82) is 0 Å². The maximum Gasteiger partial charge on any atom is 0.251 e. The highest BCUT2D eigenvalue weighted by Gasteiger charge is 2.16. The fourth-order valence-corrected chi connectivity index (χ4v) is 2.88. The van der Waals surface area contributed by atoms with Crippen LogP contribution in [-0.4, -0.2) is 27.2 Å². The van der Waals surface area contributed by atoms with Crippen molar-refractivity contribution < 1.29 is 20.0 Å². The van der Waals surface area contributed by atoms with E-state index in [-0.39, 0.29) is 13.0 Å². The number of nitrogens with zero attached hydrogens (tertiary/aromatic N) is 1. The van der Waals surface area contributed by atoms with Crippen LogP contribution < -0.4 is 4.73 Å². The van der Waals surface area contributed by atoms with Gasteiger partial charge in [-0.1, -0.05) is 36.0 Å². The molecule has 2 aromatic rings. The van der Waals surface area contributed by atoms with Crippen LogP contribution >= 0.6 is 11.8 Å². The predicted octanol–water partition coefficient (Wildman–Crippen LogP) is 1.39. The van der Waals surface area contributed by atoms with Crippen LogP contribution in [0.1, 0.15) is 23.7 Å². The van der Waals surface area contributed by atoms with E-state index in [1.807, 2.05) is 0 Å². The lowest BCUT2D eigenvalue weighted by Crippen LogP contribution is -2.28. The van der Waals surface area contributed by atoms with E-state index in [9.17, 15) is 15.4 Å². The molecule has 1 heterocycles. The largest absolute Gasteiger partial charge is 0.618 e. The van der Waals surface area contributed by atoms with E-state index >= 15 is 0 Å². The molecule has 1 aromatic carbocycles. The van der Waals surface area contributed by atoms with Crippen molar-refractivity contribution in [3.05, 3.63) is 65.0 Å². The first kappa shape index (κ1) is 16.8. The molecule has 0 saturated carbocycles. The second kappa shape index (κ2) is 8.14.